The Morgan fingerprint density at radius 2 is 1.69 bits per heavy atom. The van der Waals surface area contributed by atoms with Gasteiger partial charge >= 0.3 is 10.2 Å². The first-order chi connectivity index (χ1) is 13.4. The lowest BCUT2D eigenvalue weighted by atomic mass is 10.1. The van der Waals surface area contributed by atoms with Crippen molar-refractivity contribution in [3.63, 3.8) is 0 Å². The lowest BCUT2D eigenvalue weighted by Gasteiger charge is -2.40. The van der Waals surface area contributed by atoms with Crippen LogP contribution in [0.4, 0.5) is 19.4 Å². The Bertz CT molecular complexity index is 1100. The van der Waals surface area contributed by atoms with Crippen molar-refractivity contribution in [2.45, 2.75) is 11.4 Å². The number of hydrogen-bond acceptors (Lipinski definition) is 4. The molecule has 0 spiro atoms. The minimum absolute atomic E-state index is 0.0329. The highest BCUT2D eigenvalue weighted by atomic mass is 32.5. The van der Waals surface area contributed by atoms with E-state index in [0.29, 0.717) is 17.7 Å². The van der Waals surface area contributed by atoms with E-state index in [1.54, 1.807) is 18.3 Å². The molecule has 29 heavy (non-hydrogen) atoms. The second kappa shape index (κ2) is 6.56. The number of hydrogen-bond donors (Lipinski definition) is 1. The third-order valence-corrected chi connectivity index (χ3v) is 5.08. The van der Waals surface area contributed by atoms with Gasteiger partial charge in [0.05, 0.1) is 0 Å². The van der Waals surface area contributed by atoms with Gasteiger partial charge in [-0.05, 0) is 42.5 Å². The molecule has 2 heterocycles. The molecule has 2 N–H and O–H groups in total. The van der Waals surface area contributed by atoms with Crippen molar-refractivity contribution in [2.24, 2.45) is 5.73 Å². The van der Waals surface area contributed by atoms with Crippen LogP contribution in [0.5, 0.6) is 11.6 Å². The van der Waals surface area contributed by atoms with Gasteiger partial charge in [0.1, 0.15) is 10.6 Å². The molecule has 0 aliphatic rings. The molecular weight excluding hydrogens is 417 g/mol. The molecule has 0 bridgehead atoms. The van der Waals surface area contributed by atoms with Crippen molar-refractivity contribution < 1.29 is 24.2 Å². The first-order valence-corrected chi connectivity index (χ1v) is 10.2. The predicted molar refractivity (Wildman–Crippen MR) is 101 cm³/mol. The van der Waals surface area contributed by atoms with Crippen LogP contribution in [-0.4, -0.2) is 16.1 Å². The van der Waals surface area contributed by atoms with Crippen LogP contribution in [0.1, 0.15) is 0 Å². The van der Waals surface area contributed by atoms with Gasteiger partial charge in [-0.1, -0.05) is 19.4 Å². The molecule has 3 aromatic rings. The maximum Gasteiger partial charge on any atom is 0.310 e. The van der Waals surface area contributed by atoms with E-state index >= 15 is 0 Å². The molecule has 0 saturated heterocycles. The lowest BCUT2D eigenvalue weighted by Crippen LogP contribution is -2.22. The highest BCUT2D eigenvalue weighted by Gasteiger charge is 2.65. The average Bonchev–Trinajstić information content (AvgIpc) is 2.63. The van der Waals surface area contributed by atoms with E-state index in [-0.39, 0.29) is 35.9 Å². The van der Waals surface area contributed by atoms with Gasteiger partial charge in [-0.15, -0.1) is 0 Å². The maximum atomic E-state index is 12.8. The number of benzene rings is 1. The molecule has 0 unspecified atom stereocenters. The summed E-state index contributed by atoms with van der Waals surface area (Å²) in [5.74, 6) is -0.0728. The molecule has 0 fully saturated rings. The Kier molecular flexibility index (Phi) is 4.71. The Hall–Kier alpha value is -2.92. The van der Waals surface area contributed by atoms with Crippen LogP contribution >= 0.6 is 10.2 Å². The van der Waals surface area contributed by atoms with Gasteiger partial charge in [-0.3, -0.25) is 4.79 Å². The summed E-state index contributed by atoms with van der Waals surface area (Å²) in [6, 6.07) is 8.24. The third kappa shape index (κ3) is 4.93. The van der Waals surface area contributed by atoms with Crippen LogP contribution < -0.4 is 16.0 Å². The van der Waals surface area contributed by atoms with Crippen molar-refractivity contribution in [1.29, 1.82) is 0 Å². The van der Waals surface area contributed by atoms with Gasteiger partial charge in [-0.25, -0.2) is 4.98 Å². The molecule has 0 atom stereocenters. The topological polar surface area (TPSA) is 70.1 Å². The van der Waals surface area contributed by atoms with E-state index in [4.69, 9.17) is 10.5 Å². The molecule has 3 rings (SSSR count). The smallest absolute Gasteiger partial charge is 0.310 e. The summed E-state index contributed by atoms with van der Waals surface area (Å²) >= 11 is 0. The number of pyridine rings is 2. The van der Waals surface area contributed by atoms with Gasteiger partial charge in [0, 0.05) is 42.7 Å². The average molecular weight is 433 g/mol. The van der Waals surface area contributed by atoms with Crippen LogP contribution in [0.15, 0.2) is 70.6 Å². The SMILES string of the molecule is NCCn1cc(-c2cccnc2Oc2ccc(S(F)(F)(F)(F)F)cc2)ccc1=O. The van der Waals surface area contributed by atoms with Crippen molar-refractivity contribution in [1.82, 2.24) is 9.55 Å². The van der Waals surface area contributed by atoms with Crippen LogP contribution in [0, 0.1) is 0 Å². The number of ether oxygens (including phenoxy) is 1. The van der Waals surface area contributed by atoms with Gasteiger partial charge in [-0.2, -0.15) is 0 Å². The molecule has 5 nitrogen and oxygen atoms in total. The van der Waals surface area contributed by atoms with Crippen LogP contribution in [-0.2, 0) is 6.54 Å². The fourth-order valence-electron chi connectivity index (χ4n) is 2.57. The number of aromatic nitrogens is 2. The fourth-order valence-corrected chi connectivity index (χ4v) is 3.22. The van der Waals surface area contributed by atoms with E-state index in [9.17, 15) is 24.2 Å². The van der Waals surface area contributed by atoms with Gasteiger partial charge < -0.3 is 15.0 Å². The lowest BCUT2D eigenvalue weighted by molar-refractivity contribution is 0.363. The second-order valence-electron chi connectivity index (χ2n) is 6.14. The molecule has 1 aromatic carbocycles. The standard InChI is InChI=1S/C18H16F5N3O2S/c19-29(20,21,22,23)15-6-4-14(5-7-15)28-18-16(2-1-10-25-18)13-3-8-17(27)26(12-13)11-9-24/h1-8,10,12H,9,11,24H2. The normalized spacial score (nSPS) is 14.1. The molecule has 0 saturated carbocycles. The van der Waals surface area contributed by atoms with Crippen molar-refractivity contribution >= 4 is 10.2 Å². The quantitative estimate of drug-likeness (QED) is 0.535. The van der Waals surface area contributed by atoms with E-state index in [1.165, 1.54) is 22.9 Å². The van der Waals surface area contributed by atoms with Crippen LogP contribution in [0.25, 0.3) is 11.1 Å². The monoisotopic (exact) mass is 433 g/mol. The molecule has 0 aliphatic heterocycles. The Morgan fingerprint density at radius 3 is 2.31 bits per heavy atom. The minimum atomic E-state index is -9.75. The Balaban J connectivity index is 1.95. The molecule has 156 valence electrons. The zero-order valence-electron chi connectivity index (χ0n) is 14.8. The first-order valence-electron chi connectivity index (χ1n) is 8.25. The largest absolute Gasteiger partial charge is 0.438 e. The van der Waals surface area contributed by atoms with Crippen LogP contribution in [0.3, 0.4) is 0 Å². The molecule has 0 radical (unpaired) electrons. The summed E-state index contributed by atoms with van der Waals surface area (Å²) in [6.45, 7) is 0.539. The summed E-state index contributed by atoms with van der Waals surface area (Å²) in [6.07, 6.45) is 2.95. The van der Waals surface area contributed by atoms with Gasteiger partial charge in [0.25, 0.3) is 5.56 Å². The molecule has 0 aliphatic carbocycles. The minimum Gasteiger partial charge on any atom is -0.438 e. The van der Waals surface area contributed by atoms with Crippen molar-refractivity contribution in [3.8, 4) is 22.8 Å². The van der Waals surface area contributed by atoms with Crippen molar-refractivity contribution in [3.05, 3.63) is 71.3 Å². The zero-order chi connectivity index (χ0) is 21.3. The highest BCUT2D eigenvalue weighted by molar-refractivity contribution is 8.45. The van der Waals surface area contributed by atoms with Crippen molar-refractivity contribution in [2.75, 3.05) is 6.54 Å². The van der Waals surface area contributed by atoms with E-state index in [1.807, 2.05) is 0 Å². The molecule has 11 heteroatoms. The number of halogens is 5. The van der Waals surface area contributed by atoms with Gasteiger partial charge in [0.2, 0.25) is 5.88 Å². The summed E-state index contributed by atoms with van der Waals surface area (Å²) in [5.41, 5.74) is 6.24. The Labute approximate surface area is 162 Å². The van der Waals surface area contributed by atoms with E-state index < -0.39 is 15.1 Å². The zero-order valence-corrected chi connectivity index (χ0v) is 15.6. The highest BCUT2D eigenvalue weighted by Crippen LogP contribution is 3.02. The molecular formula is C18H16F5N3O2S. The second-order valence-corrected chi connectivity index (χ2v) is 8.55. The first kappa shape index (κ1) is 20.8. The Morgan fingerprint density at radius 1 is 1.00 bits per heavy atom. The maximum absolute atomic E-state index is 12.8. The summed E-state index contributed by atoms with van der Waals surface area (Å²) < 4.78 is 71.1. The molecule has 0 amide bonds. The number of nitrogens with two attached hydrogens (primary N) is 1. The summed E-state index contributed by atoms with van der Waals surface area (Å²) in [7, 11) is -9.75. The van der Waals surface area contributed by atoms with Crippen LogP contribution in [0.2, 0.25) is 0 Å². The molecule has 2 aromatic heterocycles. The number of nitrogens with zero attached hydrogens (tertiary/aromatic N) is 2. The van der Waals surface area contributed by atoms with E-state index in [0.717, 1.165) is 12.1 Å². The van der Waals surface area contributed by atoms with Gasteiger partial charge in [0.15, 0.2) is 0 Å². The summed E-state index contributed by atoms with van der Waals surface area (Å²) in [5, 5.41) is 0. The third-order valence-electron chi connectivity index (χ3n) is 3.92. The summed E-state index contributed by atoms with van der Waals surface area (Å²) in [4.78, 5) is 13.9. The number of rotatable bonds is 6. The fraction of sp³-hybridized carbons (Fsp3) is 0.111. The van der Waals surface area contributed by atoms with E-state index in [2.05, 4.69) is 4.98 Å². The predicted octanol–water partition coefficient (Wildman–Crippen LogP) is 5.32.